The van der Waals surface area contributed by atoms with Crippen LogP contribution in [0, 0.1) is 20.8 Å². The van der Waals surface area contributed by atoms with E-state index < -0.39 is 0 Å². The summed E-state index contributed by atoms with van der Waals surface area (Å²) in [6.45, 7) is 9.09. The number of aryl methyl sites for hydroxylation is 3. The van der Waals surface area contributed by atoms with Crippen LogP contribution in [0.4, 0.5) is 0 Å². The van der Waals surface area contributed by atoms with E-state index in [-0.39, 0.29) is 0 Å². The predicted molar refractivity (Wildman–Crippen MR) is 79.8 cm³/mol. The molecule has 0 unspecified atom stereocenters. The molecule has 0 bridgehead atoms. The molecule has 2 aromatic heterocycles. The van der Waals surface area contributed by atoms with E-state index in [9.17, 15) is 0 Å². The monoisotopic (exact) mass is 292 g/mol. The minimum Gasteiger partial charge on any atom is -0.383 e. The third-order valence-corrected chi connectivity index (χ3v) is 3.66. The molecule has 2 rings (SSSR count). The number of ether oxygens (including phenoxy) is 1. The van der Waals surface area contributed by atoms with Crippen molar-refractivity contribution in [3.63, 3.8) is 0 Å². The molecule has 0 fully saturated rings. The first kappa shape index (κ1) is 15.7. The molecule has 0 radical (unpaired) electrons. The molecule has 7 heteroatoms. The van der Waals surface area contributed by atoms with Crippen molar-refractivity contribution >= 4 is 0 Å². The Labute approximate surface area is 125 Å². The third-order valence-electron chi connectivity index (χ3n) is 3.66. The topological polar surface area (TPSA) is 71.9 Å². The number of aromatic nitrogens is 5. The van der Waals surface area contributed by atoms with Gasteiger partial charge in [0.15, 0.2) is 5.82 Å². The molecule has 0 aliphatic heterocycles. The second kappa shape index (κ2) is 6.82. The van der Waals surface area contributed by atoms with Crippen molar-refractivity contribution < 1.29 is 4.74 Å². The SMILES string of the molecule is COCCN(Cc1n[nH]c(C)n1)Cc1c(C)nn(C)c1C. The highest BCUT2D eigenvalue weighted by Gasteiger charge is 2.15. The highest BCUT2D eigenvalue weighted by Crippen LogP contribution is 2.15. The molecule has 21 heavy (non-hydrogen) atoms. The summed E-state index contributed by atoms with van der Waals surface area (Å²) in [6.07, 6.45) is 0. The lowest BCUT2D eigenvalue weighted by Crippen LogP contribution is -2.27. The van der Waals surface area contributed by atoms with E-state index in [2.05, 4.69) is 32.1 Å². The van der Waals surface area contributed by atoms with E-state index in [1.54, 1.807) is 7.11 Å². The van der Waals surface area contributed by atoms with E-state index in [0.29, 0.717) is 13.2 Å². The van der Waals surface area contributed by atoms with Crippen LogP contribution in [-0.4, -0.2) is 50.1 Å². The van der Waals surface area contributed by atoms with Crippen LogP contribution in [-0.2, 0) is 24.9 Å². The number of methoxy groups -OCH3 is 1. The molecule has 1 N–H and O–H groups in total. The molecule has 0 atom stereocenters. The maximum Gasteiger partial charge on any atom is 0.164 e. The average molecular weight is 292 g/mol. The Kier molecular flexibility index (Phi) is 5.08. The van der Waals surface area contributed by atoms with Gasteiger partial charge in [-0.2, -0.15) is 10.2 Å². The third kappa shape index (κ3) is 3.89. The fourth-order valence-electron chi connectivity index (χ4n) is 2.36. The molecule has 0 saturated carbocycles. The van der Waals surface area contributed by atoms with Gasteiger partial charge in [-0.05, 0) is 20.8 Å². The first-order valence-corrected chi connectivity index (χ1v) is 7.09. The first-order valence-electron chi connectivity index (χ1n) is 7.09. The van der Waals surface area contributed by atoms with Gasteiger partial charge in [-0.15, -0.1) is 0 Å². The second-order valence-corrected chi connectivity index (χ2v) is 5.31. The van der Waals surface area contributed by atoms with Crippen molar-refractivity contribution in [2.75, 3.05) is 20.3 Å². The number of rotatable bonds is 7. The lowest BCUT2D eigenvalue weighted by molar-refractivity contribution is 0.138. The van der Waals surface area contributed by atoms with Gasteiger partial charge in [-0.3, -0.25) is 14.7 Å². The maximum atomic E-state index is 5.21. The quantitative estimate of drug-likeness (QED) is 0.827. The molecule has 2 heterocycles. The lowest BCUT2D eigenvalue weighted by Gasteiger charge is -2.20. The summed E-state index contributed by atoms with van der Waals surface area (Å²) in [5, 5.41) is 11.6. The van der Waals surface area contributed by atoms with E-state index >= 15 is 0 Å². The zero-order valence-electron chi connectivity index (χ0n) is 13.5. The van der Waals surface area contributed by atoms with Crippen molar-refractivity contribution in [2.45, 2.75) is 33.9 Å². The smallest absolute Gasteiger partial charge is 0.164 e. The number of nitrogens with one attached hydrogen (secondary N) is 1. The number of hydrogen-bond acceptors (Lipinski definition) is 5. The summed E-state index contributed by atoms with van der Waals surface area (Å²) < 4.78 is 7.13. The van der Waals surface area contributed by atoms with E-state index in [1.165, 1.54) is 11.3 Å². The van der Waals surface area contributed by atoms with Crippen molar-refractivity contribution in [3.05, 3.63) is 28.6 Å². The standard InChI is InChI=1S/C14H24N6O/c1-10-13(11(2)19(4)18-10)8-20(6-7-21-5)9-14-15-12(3)16-17-14/h6-9H2,1-5H3,(H,15,16,17). The number of aromatic amines is 1. The Morgan fingerprint density at radius 2 is 2.00 bits per heavy atom. The van der Waals surface area contributed by atoms with E-state index in [0.717, 1.165) is 30.4 Å². The predicted octanol–water partition coefficient (Wildman–Crippen LogP) is 1.11. The number of H-pyrrole nitrogens is 1. The zero-order chi connectivity index (χ0) is 15.4. The van der Waals surface area contributed by atoms with Crippen LogP contribution in [0.1, 0.15) is 28.6 Å². The molecule has 0 aliphatic carbocycles. The van der Waals surface area contributed by atoms with Crippen molar-refractivity contribution in [2.24, 2.45) is 7.05 Å². The molecule has 116 valence electrons. The minimum absolute atomic E-state index is 0.682. The number of nitrogens with zero attached hydrogens (tertiary/aromatic N) is 5. The second-order valence-electron chi connectivity index (χ2n) is 5.31. The summed E-state index contributed by atoms with van der Waals surface area (Å²) >= 11 is 0. The summed E-state index contributed by atoms with van der Waals surface area (Å²) in [5.74, 6) is 1.65. The first-order chi connectivity index (χ1) is 10.0. The van der Waals surface area contributed by atoms with Crippen LogP contribution in [0.2, 0.25) is 0 Å². The van der Waals surface area contributed by atoms with E-state index in [4.69, 9.17) is 4.74 Å². The highest BCUT2D eigenvalue weighted by atomic mass is 16.5. The summed E-state index contributed by atoms with van der Waals surface area (Å²) in [5.41, 5.74) is 3.53. The van der Waals surface area contributed by atoms with Crippen molar-refractivity contribution in [1.29, 1.82) is 0 Å². The van der Waals surface area contributed by atoms with Gasteiger partial charge in [-0.25, -0.2) is 4.98 Å². The number of hydrogen-bond donors (Lipinski definition) is 1. The van der Waals surface area contributed by atoms with Gasteiger partial charge in [0.1, 0.15) is 5.82 Å². The molecule has 0 aromatic carbocycles. The molecule has 2 aromatic rings. The fraction of sp³-hybridized carbons (Fsp3) is 0.643. The Bertz CT molecular complexity index is 588. The highest BCUT2D eigenvalue weighted by molar-refractivity contribution is 5.24. The Morgan fingerprint density at radius 1 is 1.24 bits per heavy atom. The lowest BCUT2D eigenvalue weighted by atomic mass is 10.2. The van der Waals surface area contributed by atoms with Gasteiger partial charge in [-0.1, -0.05) is 0 Å². The normalized spacial score (nSPS) is 11.5. The fourth-order valence-corrected chi connectivity index (χ4v) is 2.36. The zero-order valence-corrected chi connectivity index (χ0v) is 13.5. The van der Waals surface area contributed by atoms with Gasteiger partial charge in [0.2, 0.25) is 0 Å². The van der Waals surface area contributed by atoms with Crippen LogP contribution < -0.4 is 0 Å². The van der Waals surface area contributed by atoms with Crippen LogP contribution in [0.25, 0.3) is 0 Å². The average Bonchev–Trinajstić information content (AvgIpc) is 2.94. The largest absolute Gasteiger partial charge is 0.383 e. The summed E-state index contributed by atoms with van der Waals surface area (Å²) in [6, 6.07) is 0. The van der Waals surface area contributed by atoms with E-state index in [1.807, 2.05) is 25.6 Å². The molecule has 0 aliphatic rings. The molecule has 0 amide bonds. The molecule has 0 saturated heterocycles. The van der Waals surface area contributed by atoms with Gasteiger partial charge in [0, 0.05) is 38.5 Å². The molecule has 0 spiro atoms. The Hall–Kier alpha value is -1.73. The van der Waals surface area contributed by atoms with Gasteiger partial charge in [0.05, 0.1) is 18.8 Å². The molecular weight excluding hydrogens is 268 g/mol. The maximum absolute atomic E-state index is 5.21. The Balaban J connectivity index is 2.12. The van der Waals surface area contributed by atoms with Crippen LogP contribution in [0.15, 0.2) is 0 Å². The van der Waals surface area contributed by atoms with Crippen LogP contribution in [0.5, 0.6) is 0 Å². The molecular formula is C14H24N6O. The van der Waals surface area contributed by atoms with Gasteiger partial charge < -0.3 is 4.74 Å². The Morgan fingerprint density at radius 3 is 2.52 bits per heavy atom. The van der Waals surface area contributed by atoms with Gasteiger partial charge in [0.25, 0.3) is 0 Å². The van der Waals surface area contributed by atoms with Crippen molar-refractivity contribution in [1.82, 2.24) is 29.9 Å². The van der Waals surface area contributed by atoms with Crippen molar-refractivity contribution in [3.8, 4) is 0 Å². The van der Waals surface area contributed by atoms with Crippen LogP contribution >= 0.6 is 0 Å². The van der Waals surface area contributed by atoms with Crippen LogP contribution in [0.3, 0.4) is 0 Å². The van der Waals surface area contributed by atoms with Gasteiger partial charge >= 0.3 is 0 Å². The summed E-state index contributed by atoms with van der Waals surface area (Å²) in [7, 11) is 3.69. The summed E-state index contributed by atoms with van der Waals surface area (Å²) in [4.78, 5) is 6.66. The minimum atomic E-state index is 0.682. The molecule has 7 nitrogen and oxygen atoms in total.